The average Bonchev–Trinajstić information content (AvgIpc) is 3.36. The first-order valence-electron chi connectivity index (χ1n) is 12.2. The van der Waals surface area contributed by atoms with Gasteiger partial charge in [0, 0.05) is 22.8 Å². The zero-order valence-corrected chi connectivity index (χ0v) is 20.8. The van der Waals surface area contributed by atoms with Gasteiger partial charge in [-0.05, 0) is 68.6 Å². The van der Waals surface area contributed by atoms with Crippen molar-refractivity contribution in [3.05, 3.63) is 71.1 Å². The van der Waals surface area contributed by atoms with Crippen LogP contribution in [0.25, 0.3) is 0 Å². The molecule has 0 spiro atoms. The largest absolute Gasteiger partial charge is 0.481 e. The fraction of sp³-hybridized carbons (Fsp3) is 0.536. The highest BCUT2D eigenvalue weighted by Gasteiger charge is 2.58. The van der Waals surface area contributed by atoms with E-state index in [2.05, 4.69) is 18.2 Å². The molecule has 1 saturated heterocycles. The van der Waals surface area contributed by atoms with E-state index in [-0.39, 0.29) is 41.5 Å². The quantitative estimate of drug-likeness (QED) is 0.263. The van der Waals surface area contributed by atoms with E-state index in [1.807, 2.05) is 38.1 Å². The fourth-order valence-corrected chi connectivity index (χ4v) is 5.44. The van der Waals surface area contributed by atoms with Crippen molar-refractivity contribution in [2.24, 2.45) is 17.8 Å². The Morgan fingerprint density at radius 3 is 2.74 bits per heavy atom. The lowest BCUT2D eigenvalue weighted by atomic mass is 9.69. The molecule has 0 aromatic heterocycles. The Kier molecular flexibility index (Phi) is 9.52. The van der Waals surface area contributed by atoms with E-state index < -0.39 is 12.1 Å². The second-order valence-corrected chi connectivity index (χ2v) is 10.4. The molecule has 1 aromatic rings. The molecule has 1 saturated carbocycles. The molecular weight excluding hydrogens is 455 g/mol. The van der Waals surface area contributed by atoms with Crippen molar-refractivity contribution >= 4 is 17.6 Å². The van der Waals surface area contributed by atoms with E-state index in [4.69, 9.17) is 21.4 Å². The predicted molar refractivity (Wildman–Crippen MR) is 133 cm³/mol. The van der Waals surface area contributed by atoms with Crippen LogP contribution in [0.15, 0.2) is 59.7 Å². The number of unbranched alkanes of at least 4 members (excludes halogenated alkanes) is 1. The van der Waals surface area contributed by atoms with E-state index in [0.29, 0.717) is 19.4 Å². The number of benzene rings is 1. The maximum atomic E-state index is 13.6. The Morgan fingerprint density at radius 1 is 1.32 bits per heavy atom. The number of hydrogen-bond donors (Lipinski definition) is 2. The average molecular weight is 491 g/mol. The highest BCUT2D eigenvalue weighted by atomic mass is 35.5. The Morgan fingerprint density at radius 2 is 2.06 bits per heavy atom. The minimum absolute atomic E-state index is 0.0445. The van der Waals surface area contributed by atoms with E-state index in [1.54, 1.807) is 0 Å². The highest BCUT2D eigenvalue weighted by molar-refractivity contribution is 6.29. The molecule has 0 amide bonds. The molecule has 186 valence electrons. The molecule has 2 fully saturated rings. The molecule has 1 heterocycles. The van der Waals surface area contributed by atoms with Gasteiger partial charge < -0.3 is 14.9 Å². The third kappa shape index (κ3) is 6.59. The van der Waals surface area contributed by atoms with Gasteiger partial charge in [0.15, 0.2) is 0 Å². The topological polar surface area (TPSA) is 66.8 Å². The van der Waals surface area contributed by atoms with Gasteiger partial charge in [-0.1, -0.05) is 61.0 Å². The van der Waals surface area contributed by atoms with Gasteiger partial charge in [-0.15, -0.1) is 0 Å². The zero-order chi connectivity index (χ0) is 24.7. The summed E-state index contributed by atoms with van der Waals surface area (Å²) in [5, 5.41) is 20.2. The van der Waals surface area contributed by atoms with Crippen LogP contribution in [0.1, 0.15) is 57.9 Å². The number of aliphatic hydroxyl groups excluding tert-OH is 1. The van der Waals surface area contributed by atoms with Crippen LogP contribution in [0.4, 0.5) is 4.39 Å². The molecule has 1 aliphatic carbocycles. The van der Waals surface area contributed by atoms with Crippen molar-refractivity contribution in [1.29, 1.82) is 0 Å². The van der Waals surface area contributed by atoms with Crippen LogP contribution in [0.2, 0.25) is 0 Å². The van der Waals surface area contributed by atoms with Crippen molar-refractivity contribution in [3.63, 3.8) is 0 Å². The van der Waals surface area contributed by atoms with Crippen LogP contribution in [0, 0.1) is 23.6 Å². The van der Waals surface area contributed by atoms with E-state index in [0.717, 1.165) is 29.9 Å². The summed E-state index contributed by atoms with van der Waals surface area (Å²) in [6.45, 7) is 4.43. The highest BCUT2D eigenvalue weighted by Crippen LogP contribution is 2.57. The standard InChI is InChI=1S/C28H36ClFO4/c1-19(9-10-20(2)29)25(31)16-15-23-24(7-5-3-4-6-8-27(32)33)28(17-26(23)34-18-28)21-11-13-22(30)14-12-21/h3,5,10-16,19,23-26,31H,4,6-9,17-18H2,1-2H3,(H,32,33)/b5-3-,16-15+,20-10-/t19?,23-,24-,25-,26-,28-/m0/s1. The summed E-state index contributed by atoms with van der Waals surface area (Å²) in [6.07, 6.45) is 13.5. The molecule has 1 unspecified atom stereocenters. The molecule has 3 rings (SSSR count). The molecule has 2 N–H and O–H groups in total. The number of carboxylic acids is 1. The number of carbonyl (C=O) groups is 1. The molecule has 2 bridgehead atoms. The first-order chi connectivity index (χ1) is 16.2. The second kappa shape index (κ2) is 12.1. The smallest absolute Gasteiger partial charge is 0.303 e. The van der Waals surface area contributed by atoms with Gasteiger partial charge in [-0.2, -0.15) is 0 Å². The lowest BCUT2D eigenvalue weighted by Crippen LogP contribution is -2.39. The van der Waals surface area contributed by atoms with Crippen molar-refractivity contribution in [2.75, 3.05) is 6.61 Å². The third-order valence-corrected chi connectivity index (χ3v) is 7.50. The number of carboxylic acid groups (broad SMARTS) is 1. The minimum Gasteiger partial charge on any atom is -0.481 e. The van der Waals surface area contributed by atoms with E-state index >= 15 is 0 Å². The SMILES string of the molecule is C/C(Cl)=C/CC(C)[C@@H](O)/C=C/[C@@H]1[C@@H]2C[C@@](c3ccc(F)cc3)(CO2)[C@H]1C/C=C\CCCC(=O)O. The number of allylic oxidation sites excluding steroid dienone is 4. The van der Waals surface area contributed by atoms with Crippen LogP contribution in [0.3, 0.4) is 0 Å². The van der Waals surface area contributed by atoms with Gasteiger partial charge in [0.1, 0.15) is 5.82 Å². The molecular formula is C28H36ClFO4. The monoisotopic (exact) mass is 490 g/mol. The maximum absolute atomic E-state index is 13.6. The molecule has 0 radical (unpaired) electrons. The normalized spacial score (nSPS) is 28.7. The van der Waals surface area contributed by atoms with E-state index in [1.165, 1.54) is 12.1 Å². The summed E-state index contributed by atoms with van der Waals surface area (Å²) >= 11 is 5.93. The number of ether oxygens (including phenoxy) is 1. The lowest BCUT2D eigenvalue weighted by Gasteiger charge is -2.38. The first-order valence-corrected chi connectivity index (χ1v) is 12.5. The van der Waals surface area contributed by atoms with Gasteiger partial charge in [0.25, 0.3) is 0 Å². The van der Waals surface area contributed by atoms with Crippen LogP contribution in [-0.4, -0.2) is 35.0 Å². The van der Waals surface area contributed by atoms with Gasteiger partial charge in [-0.25, -0.2) is 4.39 Å². The molecule has 1 aromatic carbocycles. The van der Waals surface area contributed by atoms with Crippen molar-refractivity contribution in [1.82, 2.24) is 0 Å². The second-order valence-electron chi connectivity index (χ2n) is 9.77. The molecule has 6 atom stereocenters. The number of fused-ring (bicyclic) bond motifs is 2. The number of rotatable bonds is 12. The van der Waals surface area contributed by atoms with Crippen LogP contribution < -0.4 is 0 Å². The molecule has 6 heteroatoms. The van der Waals surface area contributed by atoms with Crippen molar-refractivity contribution < 1.29 is 24.1 Å². The number of hydrogen-bond acceptors (Lipinski definition) is 3. The summed E-state index contributed by atoms with van der Waals surface area (Å²) in [5.41, 5.74) is 0.890. The van der Waals surface area contributed by atoms with Crippen LogP contribution >= 0.6 is 11.6 Å². The van der Waals surface area contributed by atoms with Gasteiger partial charge in [0.2, 0.25) is 0 Å². The van der Waals surface area contributed by atoms with Crippen LogP contribution in [0.5, 0.6) is 0 Å². The van der Waals surface area contributed by atoms with Gasteiger partial charge in [0.05, 0.1) is 18.8 Å². The molecule has 2 aliphatic rings. The predicted octanol–water partition coefficient (Wildman–Crippen LogP) is 6.39. The number of aliphatic carboxylic acids is 1. The summed E-state index contributed by atoms with van der Waals surface area (Å²) in [6, 6.07) is 6.76. The maximum Gasteiger partial charge on any atom is 0.303 e. The first kappa shape index (κ1) is 26.7. The Hall–Kier alpha value is -1.95. The Balaban J connectivity index is 1.77. The van der Waals surface area contributed by atoms with Crippen LogP contribution in [-0.2, 0) is 14.9 Å². The third-order valence-electron chi connectivity index (χ3n) is 7.35. The van der Waals surface area contributed by atoms with Crippen molar-refractivity contribution in [2.45, 2.75) is 70.0 Å². The summed E-state index contributed by atoms with van der Waals surface area (Å²) < 4.78 is 19.8. The fourth-order valence-electron chi connectivity index (χ4n) is 5.35. The number of aliphatic hydroxyl groups is 1. The summed E-state index contributed by atoms with van der Waals surface area (Å²) in [7, 11) is 0. The molecule has 4 nitrogen and oxygen atoms in total. The van der Waals surface area contributed by atoms with Crippen molar-refractivity contribution in [3.8, 4) is 0 Å². The summed E-state index contributed by atoms with van der Waals surface area (Å²) in [4.78, 5) is 10.7. The van der Waals surface area contributed by atoms with Gasteiger partial charge >= 0.3 is 5.97 Å². The molecule has 1 aliphatic heterocycles. The zero-order valence-electron chi connectivity index (χ0n) is 20.0. The van der Waals surface area contributed by atoms with Gasteiger partial charge in [-0.3, -0.25) is 4.79 Å². The Bertz CT molecular complexity index is 905. The summed E-state index contributed by atoms with van der Waals surface area (Å²) in [5.74, 6) is -0.601. The molecule has 34 heavy (non-hydrogen) atoms. The minimum atomic E-state index is -0.774. The van der Waals surface area contributed by atoms with E-state index in [9.17, 15) is 14.3 Å². The lowest BCUT2D eigenvalue weighted by molar-refractivity contribution is -0.137. The Labute approximate surface area is 207 Å². The number of halogens is 2.